The van der Waals surface area contributed by atoms with Crippen molar-refractivity contribution >= 4 is 32.4 Å². The fourth-order valence-corrected chi connectivity index (χ4v) is 2.71. The Balaban J connectivity index is 1.80. The van der Waals surface area contributed by atoms with Crippen molar-refractivity contribution < 1.29 is 5.11 Å². The number of aliphatic hydroxyl groups is 1. The van der Waals surface area contributed by atoms with Crippen LogP contribution in [-0.2, 0) is 13.1 Å². The molecular formula is C15H15BrN4O. The Labute approximate surface area is 130 Å². The van der Waals surface area contributed by atoms with Crippen LogP contribution >= 0.6 is 15.9 Å². The molecule has 1 aromatic heterocycles. The third-order valence-electron chi connectivity index (χ3n) is 3.25. The summed E-state index contributed by atoms with van der Waals surface area (Å²) in [6.45, 7) is 1.12. The molecular weight excluding hydrogens is 332 g/mol. The number of hydrogen-bond donors (Lipinski definition) is 2. The molecule has 0 spiro atoms. The van der Waals surface area contributed by atoms with Crippen molar-refractivity contribution in [2.24, 2.45) is 0 Å². The summed E-state index contributed by atoms with van der Waals surface area (Å²) in [5, 5.41) is 22.6. The van der Waals surface area contributed by atoms with Crippen molar-refractivity contribution in [3.05, 3.63) is 52.8 Å². The molecule has 3 rings (SSSR count). The van der Waals surface area contributed by atoms with Gasteiger partial charge in [0.05, 0.1) is 25.9 Å². The van der Waals surface area contributed by atoms with Gasteiger partial charge in [-0.05, 0) is 17.5 Å². The molecule has 0 radical (unpaired) electrons. The predicted molar refractivity (Wildman–Crippen MR) is 86.1 cm³/mol. The zero-order valence-corrected chi connectivity index (χ0v) is 12.9. The maximum atomic E-state index is 8.87. The maximum Gasteiger partial charge on any atom is 0.102 e. The summed E-state index contributed by atoms with van der Waals surface area (Å²) < 4.78 is 2.72. The van der Waals surface area contributed by atoms with Crippen molar-refractivity contribution in [3.8, 4) is 0 Å². The first-order valence-electron chi connectivity index (χ1n) is 6.69. The number of hydrogen-bond acceptors (Lipinski definition) is 4. The summed E-state index contributed by atoms with van der Waals surface area (Å²) in [6, 6.07) is 12.3. The highest BCUT2D eigenvalue weighted by molar-refractivity contribution is 9.10. The van der Waals surface area contributed by atoms with Gasteiger partial charge in [-0.2, -0.15) is 0 Å². The van der Waals surface area contributed by atoms with E-state index in [-0.39, 0.29) is 6.61 Å². The maximum absolute atomic E-state index is 8.87. The first kappa shape index (κ1) is 14.0. The summed E-state index contributed by atoms with van der Waals surface area (Å²) in [5.41, 5.74) is 1.90. The Morgan fingerprint density at radius 3 is 2.76 bits per heavy atom. The number of halogens is 1. The van der Waals surface area contributed by atoms with Gasteiger partial charge in [0.1, 0.15) is 5.69 Å². The Kier molecular flexibility index (Phi) is 4.17. The predicted octanol–water partition coefficient (Wildman–Crippen LogP) is 2.80. The third-order valence-corrected chi connectivity index (χ3v) is 3.94. The average molecular weight is 347 g/mol. The number of aromatic nitrogens is 3. The first-order chi connectivity index (χ1) is 10.3. The van der Waals surface area contributed by atoms with E-state index in [1.165, 1.54) is 5.39 Å². The molecule has 3 aromatic rings. The van der Waals surface area contributed by atoms with E-state index < -0.39 is 0 Å². The fourth-order valence-electron chi connectivity index (χ4n) is 2.23. The normalized spacial score (nSPS) is 11.0. The highest BCUT2D eigenvalue weighted by Crippen LogP contribution is 2.30. The Morgan fingerprint density at radius 2 is 1.95 bits per heavy atom. The number of nitrogens with one attached hydrogen (secondary N) is 1. The lowest BCUT2D eigenvalue weighted by atomic mass is 10.1. The van der Waals surface area contributed by atoms with Crippen LogP contribution in [0, 0.1) is 0 Å². The second-order valence-electron chi connectivity index (χ2n) is 4.69. The van der Waals surface area contributed by atoms with Crippen molar-refractivity contribution in [1.82, 2.24) is 15.0 Å². The van der Waals surface area contributed by atoms with Crippen LogP contribution in [0.4, 0.5) is 5.69 Å². The van der Waals surface area contributed by atoms with Gasteiger partial charge < -0.3 is 10.4 Å². The molecule has 0 unspecified atom stereocenters. The quantitative estimate of drug-likeness (QED) is 0.745. The number of nitrogens with zero attached hydrogens (tertiary/aromatic N) is 3. The largest absolute Gasteiger partial charge is 0.394 e. The minimum Gasteiger partial charge on any atom is -0.394 e. The van der Waals surface area contributed by atoms with E-state index in [9.17, 15) is 0 Å². The molecule has 21 heavy (non-hydrogen) atoms. The van der Waals surface area contributed by atoms with Gasteiger partial charge in [0.25, 0.3) is 0 Å². The molecule has 0 aliphatic rings. The molecule has 5 nitrogen and oxygen atoms in total. The standard InChI is InChI=1S/C15H15BrN4O/c16-14-5-6-15(13-4-2-1-3-12(13)14)17-9-11-10-20(7-8-21)19-18-11/h1-6,10,17,21H,7-9H2. The molecule has 0 saturated heterocycles. The Bertz CT molecular complexity index is 756. The van der Waals surface area contributed by atoms with Crippen LogP contribution in [-0.4, -0.2) is 26.7 Å². The van der Waals surface area contributed by atoms with Gasteiger partial charge in [-0.1, -0.05) is 45.4 Å². The van der Waals surface area contributed by atoms with Gasteiger partial charge in [-0.3, -0.25) is 0 Å². The van der Waals surface area contributed by atoms with Crippen LogP contribution in [0.1, 0.15) is 5.69 Å². The lowest BCUT2D eigenvalue weighted by Crippen LogP contribution is -2.02. The molecule has 0 aliphatic heterocycles. The van der Waals surface area contributed by atoms with Crippen LogP contribution in [0.5, 0.6) is 0 Å². The van der Waals surface area contributed by atoms with Crippen LogP contribution in [0.2, 0.25) is 0 Å². The van der Waals surface area contributed by atoms with Crippen molar-refractivity contribution in [2.75, 3.05) is 11.9 Å². The van der Waals surface area contributed by atoms with Gasteiger partial charge in [-0.25, -0.2) is 4.68 Å². The van der Waals surface area contributed by atoms with Crippen LogP contribution in [0.25, 0.3) is 10.8 Å². The highest BCUT2D eigenvalue weighted by Gasteiger charge is 2.05. The number of benzene rings is 2. The molecule has 0 bridgehead atoms. The van der Waals surface area contributed by atoms with Crippen molar-refractivity contribution in [2.45, 2.75) is 13.1 Å². The van der Waals surface area contributed by atoms with Gasteiger partial charge in [-0.15, -0.1) is 5.10 Å². The van der Waals surface area contributed by atoms with Crippen molar-refractivity contribution in [1.29, 1.82) is 0 Å². The van der Waals surface area contributed by atoms with Crippen LogP contribution in [0.15, 0.2) is 47.1 Å². The molecule has 0 saturated carbocycles. The zero-order chi connectivity index (χ0) is 14.7. The van der Waals surface area contributed by atoms with E-state index >= 15 is 0 Å². The molecule has 2 aromatic carbocycles. The Morgan fingerprint density at radius 1 is 1.14 bits per heavy atom. The molecule has 1 heterocycles. The molecule has 0 atom stereocenters. The molecule has 0 amide bonds. The second-order valence-corrected chi connectivity index (χ2v) is 5.54. The molecule has 0 aliphatic carbocycles. The molecule has 0 fully saturated rings. The minimum atomic E-state index is 0.0631. The van der Waals surface area contributed by atoms with E-state index in [0.29, 0.717) is 13.1 Å². The number of anilines is 1. The molecule has 6 heteroatoms. The summed E-state index contributed by atoms with van der Waals surface area (Å²) in [6.07, 6.45) is 1.84. The van der Waals surface area contributed by atoms with Crippen molar-refractivity contribution in [3.63, 3.8) is 0 Å². The van der Waals surface area contributed by atoms with Gasteiger partial charge in [0, 0.05) is 15.5 Å². The lowest BCUT2D eigenvalue weighted by molar-refractivity contribution is 0.268. The summed E-state index contributed by atoms with van der Waals surface area (Å²) in [4.78, 5) is 0. The van der Waals surface area contributed by atoms with Gasteiger partial charge in [0.15, 0.2) is 0 Å². The van der Waals surface area contributed by atoms with Gasteiger partial charge >= 0.3 is 0 Å². The van der Waals surface area contributed by atoms with Gasteiger partial charge in [0.2, 0.25) is 0 Å². The second kappa shape index (κ2) is 6.24. The highest BCUT2D eigenvalue weighted by atomic mass is 79.9. The van der Waals surface area contributed by atoms with E-state index in [2.05, 4.69) is 43.7 Å². The van der Waals surface area contributed by atoms with E-state index in [4.69, 9.17) is 5.11 Å². The van der Waals surface area contributed by atoms with E-state index in [1.807, 2.05) is 30.5 Å². The first-order valence-corrected chi connectivity index (χ1v) is 7.48. The average Bonchev–Trinajstić information content (AvgIpc) is 2.95. The smallest absolute Gasteiger partial charge is 0.102 e. The third kappa shape index (κ3) is 3.06. The molecule has 108 valence electrons. The lowest BCUT2D eigenvalue weighted by Gasteiger charge is -2.09. The number of fused-ring (bicyclic) bond motifs is 1. The zero-order valence-electron chi connectivity index (χ0n) is 11.3. The Hall–Kier alpha value is -1.92. The summed E-state index contributed by atoms with van der Waals surface area (Å²) in [7, 11) is 0. The van der Waals surface area contributed by atoms with Crippen LogP contribution in [0.3, 0.4) is 0 Å². The monoisotopic (exact) mass is 346 g/mol. The summed E-state index contributed by atoms with van der Waals surface area (Å²) in [5.74, 6) is 0. The fraction of sp³-hybridized carbons (Fsp3) is 0.200. The summed E-state index contributed by atoms with van der Waals surface area (Å²) >= 11 is 3.57. The van der Waals surface area contributed by atoms with Crippen LogP contribution < -0.4 is 5.32 Å². The number of aliphatic hydroxyl groups excluding tert-OH is 1. The van der Waals surface area contributed by atoms with E-state index in [0.717, 1.165) is 21.2 Å². The van der Waals surface area contributed by atoms with E-state index in [1.54, 1.807) is 4.68 Å². The topological polar surface area (TPSA) is 63.0 Å². The SMILES string of the molecule is OCCn1cc(CNc2ccc(Br)c3ccccc23)nn1. The molecule has 2 N–H and O–H groups in total. The number of rotatable bonds is 5. The minimum absolute atomic E-state index is 0.0631.